The topological polar surface area (TPSA) is 57.5 Å². The van der Waals surface area contributed by atoms with E-state index in [4.69, 9.17) is 5.11 Å². The molecule has 0 fully saturated rings. The Balaban J connectivity index is 3.14. The van der Waals surface area contributed by atoms with Crippen LogP contribution >= 0.6 is 0 Å². The molecule has 0 amide bonds. The van der Waals surface area contributed by atoms with Crippen LogP contribution in [0.4, 0.5) is 0 Å². The Morgan fingerprint density at radius 3 is 1.30 bits per heavy atom. The summed E-state index contributed by atoms with van der Waals surface area (Å²) in [6.45, 7) is 2.26. The fourth-order valence-corrected chi connectivity index (χ4v) is 3.73. The van der Waals surface area contributed by atoms with Crippen molar-refractivity contribution in [1.82, 2.24) is 0 Å². The highest BCUT2D eigenvalue weighted by Crippen LogP contribution is 2.15. The van der Waals surface area contributed by atoms with E-state index in [9.17, 15) is 9.90 Å². The quantitative estimate of drug-likeness (QED) is 0.188. The number of hydrogen-bond acceptors (Lipinski definition) is 2. The lowest BCUT2D eigenvalue weighted by atomic mass is 10.0. The van der Waals surface area contributed by atoms with Gasteiger partial charge < -0.3 is 10.2 Å². The molecule has 162 valence electrons. The molecule has 0 aromatic carbocycles. The van der Waals surface area contributed by atoms with Gasteiger partial charge in [-0.05, 0) is 19.3 Å². The zero-order valence-electron chi connectivity index (χ0n) is 18.2. The minimum Gasteiger partial charge on any atom is -0.481 e. The molecule has 0 bridgehead atoms. The lowest BCUT2D eigenvalue weighted by Crippen LogP contribution is -2.05. The summed E-state index contributed by atoms with van der Waals surface area (Å²) in [6, 6.07) is 0. The average Bonchev–Trinajstić information content (AvgIpc) is 2.64. The predicted octanol–water partition coefficient (Wildman–Crippen LogP) is 7.64. The largest absolute Gasteiger partial charge is 0.481 e. The van der Waals surface area contributed by atoms with Gasteiger partial charge in [-0.2, -0.15) is 0 Å². The third kappa shape index (κ3) is 23.4. The first-order valence-electron chi connectivity index (χ1n) is 12.1. The molecule has 0 rings (SSSR count). The van der Waals surface area contributed by atoms with Gasteiger partial charge >= 0.3 is 5.97 Å². The van der Waals surface area contributed by atoms with Crippen molar-refractivity contribution in [3.8, 4) is 0 Å². The molecule has 1 unspecified atom stereocenters. The van der Waals surface area contributed by atoms with Gasteiger partial charge in [0.05, 0.1) is 6.10 Å². The molecule has 0 aliphatic rings. The van der Waals surface area contributed by atoms with Crippen molar-refractivity contribution in [2.75, 3.05) is 0 Å². The fraction of sp³-hybridized carbons (Fsp3) is 0.958. The van der Waals surface area contributed by atoms with Crippen molar-refractivity contribution in [3.63, 3.8) is 0 Å². The third-order valence-corrected chi connectivity index (χ3v) is 5.57. The Bertz CT molecular complexity index is 304. The molecule has 2 N–H and O–H groups in total. The van der Waals surface area contributed by atoms with E-state index in [0.29, 0.717) is 6.42 Å². The molecule has 0 aromatic rings. The van der Waals surface area contributed by atoms with Gasteiger partial charge in [-0.1, -0.05) is 116 Å². The zero-order valence-corrected chi connectivity index (χ0v) is 18.2. The molecule has 0 saturated carbocycles. The summed E-state index contributed by atoms with van der Waals surface area (Å²) in [7, 11) is 0. The van der Waals surface area contributed by atoms with E-state index >= 15 is 0 Å². The first-order chi connectivity index (χ1) is 13.2. The second-order valence-electron chi connectivity index (χ2n) is 8.39. The number of carboxylic acid groups (broad SMARTS) is 1. The lowest BCUT2D eigenvalue weighted by molar-refractivity contribution is -0.137. The van der Waals surface area contributed by atoms with E-state index in [-0.39, 0.29) is 6.10 Å². The van der Waals surface area contributed by atoms with Crippen LogP contribution in [-0.4, -0.2) is 22.3 Å². The number of carboxylic acids is 1. The molecule has 1 atom stereocenters. The zero-order chi connectivity index (χ0) is 20.0. The van der Waals surface area contributed by atoms with Crippen LogP contribution in [0.15, 0.2) is 0 Å². The summed E-state index contributed by atoms with van der Waals surface area (Å²) < 4.78 is 0. The first-order valence-corrected chi connectivity index (χ1v) is 12.1. The number of hydrogen-bond donors (Lipinski definition) is 2. The van der Waals surface area contributed by atoms with E-state index < -0.39 is 5.97 Å². The normalized spacial score (nSPS) is 12.4. The molecule has 0 radical (unpaired) electrons. The Morgan fingerprint density at radius 1 is 0.593 bits per heavy atom. The molecule has 0 saturated heterocycles. The summed E-state index contributed by atoms with van der Waals surface area (Å²) in [6.07, 6.45) is 24.9. The highest BCUT2D eigenvalue weighted by atomic mass is 16.4. The van der Waals surface area contributed by atoms with Crippen LogP contribution in [0.25, 0.3) is 0 Å². The van der Waals surface area contributed by atoms with Crippen molar-refractivity contribution >= 4 is 5.97 Å². The second-order valence-corrected chi connectivity index (χ2v) is 8.39. The van der Waals surface area contributed by atoms with Crippen LogP contribution in [0.1, 0.15) is 142 Å². The van der Waals surface area contributed by atoms with Crippen LogP contribution in [0.5, 0.6) is 0 Å². The van der Waals surface area contributed by atoms with Gasteiger partial charge in [0.15, 0.2) is 0 Å². The number of aliphatic hydroxyl groups is 1. The van der Waals surface area contributed by atoms with Gasteiger partial charge in [0.1, 0.15) is 0 Å². The average molecular weight is 385 g/mol. The minimum atomic E-state index is -0.669. The number of aliphatic hydroxyl groups excluding tert-OH is 1. The standard InChI is InChI=1S/C24H48O3/c1-2-3-4-5-6-11-14-17-20-23(25)21-18-15-12-9-7-8-10-13-16-19-22-24(26)27/h23,25H,2-22H2,1H3,(H,26,27). The van der Waals surface area contributed by atoms with E-state index in [2.05, 4.69) is 6.92 Å². The van der Waals surface area contributed by atoms with Gasteiger partial charge in [-0.15, -0.1) is 0 Å². The summed E-state index contributed by atoms with van der Waals surface area (Å²) in [5.41, 5.74) is 0. The van der Waals surface area contributed by atoms with Crippen molar-refractivity contribution in [1.29, 1.82) is 0 Å². The first kappa shape index (κ1) is 26.4. The summed E-state index contributed by atoms with van der Waals surface area (Å²) in [5.74, 6) is -0.669. The van der Waals surface area contributed by atoms with E-state index in [1.54, 1.807) is 0 Å². The van der Waals surface area contributed by atoms with Gasteiger partial charge in [-0.25, -0.2) is 0 Å². The molecule has 27 heavy (non-hydrogen) atoms. The van der Waals surface area contributed by atoms with Crippen LogP contribution in [0.3, 0.4) is 0 Å². The van der Waals surface area contributed by atoms with Gasteiger partial charge in [-0.3, -0.25) is 4.79 Å². The smallest absolute Gasteiger partial charge is 0.303 e. The molecule has 0 aliphatic carbocycles. The predicted molar refractivity (Wildman–Crippen MR) is 116 cm³/mol. The lowest BCUT2D eigenvalue weighted by Gasteiger charge is -2.10. The molecule has 0 aliphatic heterocycles. The Hall–Kier alpha value is -0.570. The van der Waals surface area contributed by atoms with Gasteiger partial charge in [0, 0.05) is 6.42 Å². The second kappa shape index (κ2) is 21.7. The summed E-state index contributed by atoms with van der Waals surface area (Å²) in [4.78, 5) is 10.4. The SMILES string of the molecule is CCCCCCCCCCC(O)CCCCCCCCCCCCC(=O)O. The monoisotopic (exact) mass is 384 g/mol. The molecular weight excluding hydrogens is 336 g/mol. The van der Waals surface area contributed by atoms with Crippen molar-refractivity contribution in [2.24, 2.45) is 0 Å². The van der Waals surface area contributed by atoms with E-state index in [1.165, 1.54) is 103 Å². The maximum absolute atomic E-state index is 10.4. The molecule has 0 heterocycles. The molecule has 0 aromatic heterocycles. The Labute approximate surface area is 169 Å². The van der Waals surface area contributed by atoms with Gasteiger partial charge in [0.25, 0.3) is 0 Å². The number of unbranched alkanes of at least 4 members (excludes halogenated alkanes) is 16. The minimum absolute atomic E-state index is 0.0732. The van der Waals surface area contributed by atoms with Crippen LogP contribution < -0.4 is 0 Å². The fourth-order valence-electron chi connectivity index (χ4n) is 3.73. The Kier molecular flexibility index (Phi) is 21.3. The Morgan fingerprint density at radius 2 is 0.926 bits per heavy atom. The summed E-state index contributed by atoms with van der Waals surface area (Å²) >= 11 is 0. The van der Waals surface area contributed by atoms with Crippen molar-refractivity contribution in [2.45, 2.75) is 148 Å². The van der Waals surface area contributed by atoms with E-state index in [0.717, 1.165) is 25.7 Å². The maximum Gasteiger partial charge on any atom is 0.303 e. The maximum atomic E-state index is 10.4. The van der Waals surface area contributed by atoms with Crippen LogP contribution in [0, 0.1) is 0 Å². The highest BCUT2D eigenvalue weighted by molar-refractivity contribution is 5.66. The third-order valence-electron chi connectivity index (χ3n) is 5.57. The molecule has 3 heteroatoms. The molecular formula is C24H48O3. The number of rotatable bonds is 22. The molecule has 0 spiro atoms. The number of aliphatic carboxylic acids is 1. The molecule has 3 nitrogen and oxygen atoms in total. The van der Waals surface area contributed by atoms with Crippen molar-refractivity contribution in [3.05, 3.63) is 0 Å². The van der Waals surface area contributed by atoms with Crippen LogP contribution in [0.2, 0.25) is 0 Å². The van der Waals surface area contributed by atoms with Crippen LogP contribution in [-0.2, 0) is 4.79 Å². The summed E-state index contributed by atoms with van der Waals surface area (Å²) in [5, 5.41) is 18.6. The van der Waals surface area contributed by atoms with E-state index in [1.807, 2.05) is 0 Å². The van der Waals surface area contributed by atoms with Gasteiger partial charge in [0.2, 0.25) is 0 Å². The van der Waals surface area contributed by atoms with Crippen molar-refractivity contribution < 1.29 is 15.0 Å². The number of carbonyl (C=O) groups is 1. The highest BCUT2D eigenvalue weighted by Gasteiger charge is 2.03.